The van der Waals surface area contributed by atoms with E-state index in [0.29, 0.717) is 5.52 Å². The molecule has 6 nitrogen and oxygen atoms in total. The number of hydrogen-bond donors (Lipinski definition) is 1. The van der Waals surface area contributed by atoms with Gasteiger partial charge >= 0.3 is 5.97 Å². The van der Waals surface area contributed by atoms with Gasteiger partial charge in [-0.3, -0.25) is 9.59 Å². The SMILES string of the molecule is COC(=O)c1c2c(n3ccccc13)C(=O)c1cccc(O)c1C2=O. The Bertz CT molecular complexity index is 1060. The molecule has 0 fully saturated rings. The van der Waals surface area contributed by atoms with Gasteiger partial charge in [0, 0.05) is 11.8 Å². The van der Waals surface area contributed by atoms with Gasteiger partial charge < -0.3 is 14.2 Å². The molecule has 6 heteroatoms. The highest BCUT2D eigenvalue weighted by atomic mass is 16.5. The number of ketones is 2. The molecule has 1 N–H and O–H groups in total. The molecule has 1 aliphatic rings. The van der Waals surface area contributed by atoms with Gasteiger partial charge in [-0.05, 0) is 24.3 Å². The molecule has 2 heterocycles. The molecule has 0 amide bonds. The van der Waals surface area contributed by atoms with Gasteiger partial charge in [-0.25, -0.2) is 4.79 Å². The number of carbonyl (C=O) groups is 3. The Morgan fingerprint density at radius 2 is 1.83 bits per heavy atom. The van der Waals surface area contributed by atoms with Crippen LogP contribution in [-0.2, 0) is 4.74 Å². The van der Waals surface area contributed by atoms with E-state index in [4.69, 9.17) is 4.74 Å². The second-order valence-electron chi connectivity index (χ2n) is 5.40. The molecular weight excluding hydrogens is 310 g/mol. The van der Waals surface area contributed by atoms with E-state index in [2.05, 4.69) is 0 Å². The minimum atomic E-state index is -0.708. The van der Waals surface area contributed by atoms with Crippen molar-refractivity contribution in [2.24, 2.45) is 0 Å². The van der Waals surface area contributed by atoms with E-state index in [1.165, 1.54) is 29.7 Å². The average Bonchev–Trinajstić information content (AvgIpc) is 2.94. The number of pyridine rings is 1. The standard InChI is InChI=1S/C18H11NO5/c1-24-18(23)13-10-6-2-3-8-19(10)15-14(13)17(22)12-9(16(15)21)5-4-7-11(12)20/h2-8,20H,1H3. The highest BCUT2D eigenvalue weighted by molar-refractivity contribution is 6.32. The number of ether oxygens (including phenoxy) is 1. The van der Waals surface area contributed by atoms with Gasteiger partial charge in [0.2, 0.25) is 11.6 Å². The fraction of sp³-hybridized carbons (Fsp3) is 0.0556. The van der Waals surface area contributed by atoms with Crippen molar-refractivity contribution in [3.8, 4) is 5.75 Å². The van der Waals surface area contributed by atoms with Crippen molar-refractivity contribution in [3.63, 3.8) is 0 Å². The molecule has 0 aliphatic heterocycles. The van der Waals surface area contributed by atoms with E-state index in [9.17, 15) is 19.5 Å². The molecule has 0 radical (unpaired) electrons. The molecule has 2 aromatic heterocycles. The monoisotopic (exact) mass is 321 g/mol. The topological polar surface area (TPSA) is 85.1 Å². The normalized spacial score (nSPS) is 12.9. The van der Waals surface area contributed by atoms with Crippen molar-refractivity contribution in [2.75, 3.05) is 7.11 Å². The Balaban J connectivity index is 2.18. The van der Waals surface area contributed by atoms with E-state index >= 15 is 0 Å². The Morgan fingerprint density at radius 1 is 1.04 bits per heavy atom. The highest BCUT2D eigenvalue weighted by Crippen LogP contribution is 2.37. The van der Waals surface area contributed by atoms with Crippen LogP contribution in [0.15, 0.2) is 42.6 Å². The van der Waals surface area contributed by atoms with Crippen molar-refractivity contribution >= 4 is 23.1 Å². The average molecular weight is 321 g/mol. The Hall–Kier alpha value is -3.41. The Labute approximate surface area is 135 Å². The minimum absolute atomic E-state index is 0.0281. The molecule has 0 bridgehead atoms. The maximum atomic E-state index is 13.0. The van der Waals surface area contributed by atoms with Crippen LogP contribution in [0.5, 0.6) is 5.75 Å². The lowest BCUT2D eigenvalue weighted by Crippen LogP contribution is -2.23. The molecule has 0 saturated heterocycles. The number of phenolic OH excluding ortho intramolecular Hbond substituents is 1. The summed E-state index contributed by atoms with van der Waals surface area (Å²) < 4.78 is 6.30. The number of aromatic hydroxyl groups is 1. The maximum absolute atomic E-state index is 13.0. The van der Waals surface area contributed by atoms with Crippen LogP contribution in [0.3, 0.4) is 0 Å². The van der Waals surface area contributed by atoms with Gasteiger partial charge in [0.25, 0.3) is 0 Å². The molecule has 118 valence electrons. The predicted octanol–water partition coefficient (Wildman–Crippen LogP) is 2.21. The van der Waals surface area contributed by atoms with Crippen LogP contribution in [0.2, 0.25) is 0 Å². The molecule has 0 atom stereocenters. The zero-order chi connectivity index (χ0) is 17.0. The molecule has 1 aliphatic carbocycles. The van der Waals surface area contributed by atoms with Crippen molar-refractivity contribution < 1.29 is 24.2 Å². The van der Waals surface area contributed by atoms with Crippen LogP contribution in [0.4, 0.5) is 0 Å². The summed E-state index contributed by atoms with van der Waals surface area (Å²) in [5, 5.41) is 10.0. The van der Waals surface area contributed by atoms with Crippen LogP contribution in [0, 0.1) is 0 Å². The number of phenols is 1. The van der Waals surface area contributed by atoms with Crippen LogP contribution >= 0.6 is 0 Å². The number of benzene rings is 1. The molecular formula is C18H11NO5. The summed E-state index contributed by atoms with van der Waals surface area (Å²) in [4.78, 5) is 38.1. The first-order valence-corrected chi connectivity index (χ1v) is 7.19. The van der Waals surface area contributed by atoms with Gasteiger partial charge in [-0.2, -0.15) is 0 Å². The van der Waals surface area contributed by atoms with Crippen LogP contribution in [-0.4, -0.2) is 34.2 Å². The number of esters is 1. The number of aromatic nitrogens is 1. The van der Waals surface area contributed by atoms with Crippen LogP contribution < -0.4 is 0 Å². The van der Waals surface area contributed by atoms with Crippen molar-refractivity contribution in [3.05, 3.63) is 70.5 Å². The summed E-state index contributed by atoms with van der Waals surface area (Å²) in [5.74, 6) is -1.99. The quantitative estimate of drug-likeness (QED) is 0.543. The molecule has 3 aromatic rings. The highest BCUT2D eigenvalue weighted by Gasteiger charge is 2.39. The van der Waals surface area contributed by atoms with Crippen LogP contribution in [0.25, 0.3) is 5.52 Å². The Kier molecular flexibility index (Phi) is 2.83. The largest absolute Gasteiger partial charge is 0.507 e. The molecule has 0 unspecified atom stereocenters. The summed E-state index contributed by atoms with van der Waals surface area (Å²) in [6.45, 7) is 0. The number of nitrogens with zero attached hydrogens (tertiary/aromatic N) is 1. The van der Waals surface area contributed by atoms with E-state index in [0.717, 1.165) is 0 Å². The van der Waals surface area contributed by atoms with Gasteiger partial charge in [0.05, 0.1) is 29.3 Å². The second kappa shape index (κ2) is 4.79. The zero-order valence-corrected chi connectivity index (χ0v) is 12.6. The summed E-state index contributed by atoms with van der Waals surface area (Å²) in [7, 11) is 1.21. The summed E-state index contributed by atoms with van der Waals surface area (Å²) in [6, 6.07) is 9.36. The maximum Gasteiger partial charge on any atom is 0.340 e. The Morgan fingerprint density at radius 3 is 2.58 bits per heavy atom. The third-order valence-electron chi connectivity index (χ3n) is 4.19. The van der Waals surface area contributed by atoms with E-state index in [1.807, 2.05) is 0 Å². The van der Waals surface area contributed by atoms with Gasteiger partial charge in [-0.15, -0.1) is 0 Å². The van der Waals surface area contributed by atoms with E-state index < -0.39 is 17.5 Å². The summed E-state index contributed by atoms with van der Waals surface area (Å²) in [5.41, 5.74) is 0.535. The first-order chi connectivity index (χ1) is 11.6. The van der Waals surface area contributed by atoms with Gasteiger partial charge in [0.1, 0.15) is 11.4 Å². The summed E-state index contributed by atoms with van der Waals surface area (Å²) >= 11 is 0. The van der Waals surface area contributed by atoms with Gasteiger partial charge in [0.15, 0.2) is 0 Å². The van der Waals surface area contributed by atoms with E-state index in [1.54, 1.807) is 24.4 Å². The predicted molar refractivity (Wildman–Crippen MR) is 83.7 cm³/mol. The molecule has 1 aromatic carbocycles. The second-order valence-corrected chi connectivity index (χ2v) is 5.40. The first-order valence-electron chi connectivity index (χ1n) is 7.19. The number of rotatable bonds is 1. The van der Waals surface area contributed by atoms with Gasteiger partial charge in [-0.1, -0.05) is 12.1 Å². The third kappa shape index (κ3) is 1.62. The minimum Gasteiger partial charge on any atom is -0.507 e. The number of carbonyl (C=O) groups excluding carboxylic acids is 3. The van der Waals surface area contributed by atoms with Crippen molar-refractivity contribution in [1.82, 2.24) is 4.40 Å². The fourth-order valence-electron chi connectivity index (χ4n) is 3.18. The lowest BCUT2D eigenvalue weighted by Gasteiger charge is -2.16. The first kappa shape index (κ1) is 14.2. The van der Waals surface area contributed by atoms with E-state index in [-0.39, 0.29) is 33.7 Å². The number of hydrogen-bond acceptors (Lipinski definition) is 5. The van der Waals surface area contributed by atoms with Crippen LogP contribution in [0.1, 0.15) is 42.3 Å². The molecule has 0 spiro atoms. The number of fused-ring (bicyclic) bond motifs is 4. The molecule has 4 rings (SSSR count). The third-order valence-corrected chi connectivity index (χ3v) is 4.19. The van der Waals surface area contributed by atoms with Crippen molar-refractivity contribution in [1.29, 1.82) is 0 Å². The molecule has 0 saturated carbocycles. The lowest BCUT2D eigenvalue weighted by atomic mass is 9.85. The molecule has 24 heavy (non-hydrogen) atoms. The number of methoxy groups -OCH3 is 1. The summed E-state index contributed by atoms with van der Waals surface area (Å²) in [6.07, 6.45) is 1.61. The fourth-order valence-corrected chi connectivity index (χ4v) is 3.18. The lowest BCUT2D eigenvalue weighted by molar-refractivity contribution is 0.0600. The zero-order valence-electron chi connectivity index (χ0n) is 12.6. The van der Waals surface area contributed by atoms with Crippen molar-refractivity contribution in [2.45, 2.75) is 0 Å². The smallest absolute Gasteiger partial charge is 0.340 e.